The van der Waals surface area contributed by atoms with Gasteiger partial charge in [-0.1, -0.05) is 26.2 Å². The molecule has 3 saturated carbocycles. The zero-order valence-electron chi connectivity index (χ0n) is 9.55. The Kier molecular flexibility index (Phi) is 1.93. The van der Waals surface area contributed by atoms with Gasteiger partial charge in [0.15, 0.2) is 0 Å². The van der Waals surface area contributed by atoms with Gasteiger partial charge in [-0.25, -0.2) is 0 Å². The second kappa shape index (κ2) is 2.99. The van der Waals surface area contributed by atoms with Gasteiger partial charge in [0.05, 0.1) is 12.0 Å². The predicted molar refractivity (Wildman–Crippen MR) is 57.3 cm³/mol. The van der Waals surface area contributed by atoms with Crippen molar-refractivity contribution < 1.29 is 9.53 Å². The van der Waals surface area contributed by atoms with Gasteiger partial charge in [-0.2, -0.15) is 0 Å². The molecule has 1 aliphatic heterocycles. The molecular weight excluding hydrogens is 188 g/mol. The van der Waals surface area contributed by atoms with E-state index in [-0.39, 0.29) is 11.4 Å². The molecule has 15 heavy (non-hydrogen) atoms. The molecule has 84 valence electrons. The number of esters is 1. The van der Waals surface area contributed by atoms with Crippen LogP contribution in [0.3, 0.4) is 0 Å². The summed E-state index contributed by atoms with van der Waals surface area (Å²) in [4.78, 5) is 11.8. The van der Waals surface area contributed by atoms with Gasteiger partial charge in [-0.05, 0) is 31.6 Å². The molecule has 0 radical (unpaired) electrons. The van der Waals surface area contributed by atoms with E-state index in [1.165, 1.54) is 32.1 Å². The molecule has 4 rings (SSSR count). The first-order chi connectivity index (χ1) is 7.21. The van der Waals surface area contributed by atoms with E-state index >= 15 is 0 Å². The molecule has 4 aliphatic rings. The number of rotatable bonds is 4. The maximum atomic E-state index is 11.8. The van der Waals surface area contributed by atoms with Crippen LogP contribution in [-0.2, 0) is 9.53 Å². The molecule has 0 amide bonds. The van der Waals surface area contributed by atoms with Gasteiger partial charge in [-0.3, -0.25) is 4.79 Å². The molecule has 0 aromatic carbocycles. The highest BCUT2D eigenvalue weighted by Gasteiger charge is 2.73. The Balaban J connectivity index is 1.69. The Hall–Kier alpha value is -0.530. The summed E-state index contributed by atoms with van der Waals surface area (Å²) in [5, 5.41) is 0. The number of hydrogen-bond donors (Lipinski definition) is 0. The number of carbonyl (C=O) groups is 1. The van der Waals surface area contributed by atoms with Crippen molar-refractivity contribution in [2.24, 2.45) is 16.7 Å². The summed E-state index contributed by atoms with van der Waals surface area (Å²) in [5.74, 6) is 0.780. The molecular formula is C13H20O2. The van der Waals surface area contributed by atoms with Gasteiger partial charge in [0.2, 0.25) is 0 Å². The molecule has 1 unspecified atom stereocenters. The van der Waals surface area contributed by atoms with Crippen molar-refractivity contribution in [1.29, 1.82) is 0 Å². The van der Waals surface area contributed by atoms with Gasteiger partial charge >= 0.3 is 5.97 Å². The van der Waals surface area contributed by atoms with Crippen molar-refractivity contribution in [3.8, 4) is 0 Å². The van der Waals surface area contributed by atoms with Crippen molar-refractivity contribution in [1.82, 2.24) is 0 Å². The highest BCUT2D eigenvalue weighted by molar-refractivity contribution is 5.81. The topological polar surface area (TPSA) is 26.3 Å². The number of cyclic esters (lactones) is 1. The van der Waals surface area contributed by atoms with Crippen molar-refractivity contribution in [2.75, 3.05) is 6.61 Å². The molecule has 2 nitrogen and oxygen atoms in total. The fourth-order valence-electron chi connectivity index (χ4n) is 4.29. The molecule has 0 spiro atoms. The molecule has 1 atom stereocenters. The van der Waals surface area contributed by atoms with Crippen molar-refractivity contribution >= 4 is 5.97 Å². The third-order valence-corrected chi connectivity index (χ3v) is 4.91. The van der Waals surface area contributed by atoms with Crippen molar-refractivity contribution in [2.45, 2.75) is 51.9 Å². The standard InChI is InChI=1S/C13H20O2/c1-2-3-4-5-10-6-12-7-13(10,8-12)11(14)15-9-12/h10H,2-9H2,1H3. The van der Waals surface area contributed by atoms with Gasteiger partial charge in [0, 0.05) is 5.41 Å². The van der Waals surface area contributed by atoms with Crippen LogP contribution in [0.15, 0.2) is 0 Å². The first-order valence-electron chi connectivity index (χ1n) is 6.38. The molecule has 0 aromatic rings. The quantitative estimate of drug-likeness (QED) is 0.524. The number of hydrogen-bond acceptors (Lipinski definition) is 2. The minimum atomic E-state index is -0.00795. The molecule has 1 heterocycles. The van der Waals surface area contributed by atoms with Crippen LogP contribution in [-0.4, -0.2) is 12.6 Å². The first kappa shape index (κ1) is 9.68. The van der Waals surface area contributed by atoms with Crippen LogP contribution in [0.4, 0.5) is 0 Å². The van der Waals surface area contributed by atoms with Crippen molar-refractivity contribution in [3.05, 3.63) is 0 Å². The normalized spacial score (nSPS) is 46.2. The Morgan fingerprint density at radius 1 is 1.40 bits per heavy atom. The van der Waals surface area contributed by atoms with Gasteiger partial charge < -0.3 is 4.74 Å². The summed E-state index contributed by atoms with van der Waals surface area (Å²) in [6.07, 6.45) is 8.70. The van der Waals surface area contributed by atoms with Crippen LogP contribution >= 0.6 is 0 Å². The van der Waals surface area contributed by atoms with E-state index in [4.69, 9.17) is 4.74 Å². The number of ether oxygens (including phenoxy) is 1. The minimum absolute atomic E-state index is 0.00795. The number of unbranched alkanes of at least 4 members (excludes halogenated alkanes) is 2. The maximum absolute atomic E-state index is 11.8. The second-order valence-electron chi connectivity index (χ2n) is 5.98. The fraction of sp³-hybridized carbons (Fsp3) is 0.923. The molecule has 4 fully saturated rings. The van der Waals surface area contributed by atoms with Crippen LogP contribution in [0, 0.1) is 16.7 Å². The number of carbonyl (C=O) groups excluding carboxylic acids is 1. The predicted octanol–water partition coefficient (Wildman–Crippen LogP) is 2.91. The third-order valence-electron chi connectivity index (χ3n) is 4.91. The largest absolute Gasteiger partial charge is 0.465 e. The van der Waals surface area contributed by atoms with Crippen LogP contribution in [0.5, 0.6) is 0 Å². The summed E-state index contributed by atoms with van der Waals surface area (Å²) >= 11 is 0. The van der Waals surface area contributed by atoms with E-state index in [0.29, 0.717) is 11.3 Å². The van der Waals surface area contributed by atoms with Gasteiger partial charge in [0.1, 0.15) is 0 Å². The highest BCUT2D eigenvalue weighted by atomic mass is 16.5. The minimum Gasteiger partial charge on any atom is -0.465 e. The Labute approximate surface area is 91.4 Å². The van der Waals surface area contributed by atoms with E-state index in [1.54, 1.807) is 0 Å². The molecule has 0 N–H and O–H groups in total. The van der Waals surface area contributed by atoms with E-state index in [0.717, 1.165) is 19.4 Å². The first-order valence-corrected chi connectivity index (χ1v) is 6.38. The van der Waals surface area contributed by atoms with E-state index in [2.05, 4.69) is 6.92 Å². The SMILES string of the molecule is CCCCCC1CC23COC(=O)C1(C2)C3. The lowest BCUT2D eigenvalue weighted by atomic mass is 9.57. The lowest BCUT2D eigenvalue weighted by Crippen LogP contribution is -2.53. The zero-order valence-corrected chi connectivity index (χ0v) is 9.55. The average molecular weight is 208 g/mol. The summed E-state index contributed by atoms with van der Waals surface area (Å²) < 4.78 is 5.31. The smallest absolute Gasteiger partial charge is 0.312 e. The molecule has 2 heteroatoms. The summed E-state index contributed by atoms with van der Waals surface area (Å²) in [5.41, 5.74) is 0.427. The molecule has 1 saturated heterocycles. The monoisotopic (exact) mass is 208 g/mol. The van der Waals surface area contributed by atoms with Crippen molar-refractivity contribution in [3.63, 3.8) is 0 Å². The second-order valence-corrected chi connectivity index (χ2v) is 5.98. The van der Waals surface area contributed by atoms with E-state index in [1.807, 2.05) is 0 Å². The van der Waals surface area contributed by atoms with E-state index < -0.39 is 0 Å². The zero-order chi connectivity index (χ0) is 10.5. The maximum Gasteiger partial charge on any atom is 0.312 e. The van der Waals surface area contributed by atoms with Gasteiger partial charge in [-0.15, -0.1) is 0 Å². The Bertz CT molecular complexity index is 289. The van der Waals surface area contributed by atoms with Gasteiger partial charge in [0.25, 0.3) is 0 Å². The molecule has 3 aliphatic carbocycles. The Morgan fingerprint density at radius 3 is 2.93 bits per heavy atom. The van der Waals surface area contributed by atoms with Crippen LogP contribution in [0.2, 0.25) is 0 Å². The summed E-state index contributed by atoms with van der Waals surface area (Å²) in [6, 6.07) is 0. The van der Waals surface area contributed by atoms with E-state index in [9.17, 15) is 4.79 Å². The van der Waals surface area contributed by atoms with Crippen LogP contribution < -0.4 is 0 Å². The molecule has 2 bridgehead atoms. The summed E-state index contributed by atoms with van der Waals surface area (Å²) in [6.45, 7) is 2.95. The highest BCUT2D eigenvalue weighted by Crippen LogP contribution is 2.73. The lowest BCUT2D eigenvalue weighted by molar-refractivity contribution is -0.191. The number of fused-ring (bicyclic) bond motifs is 1. The average Bonchev–Trinajstić information content (AvgIpc) is 2.60. The molecule has 0 aromatic heterocycles. The summed E-state index contributed by atoms with van der Waals surface area (Å²) in [7, 11) is 0. The Morgan fingerprint density at radius 2 is 2.20 bits per heavy atom. The third kappa shape index (κ3) is 1.14. The fourth-order valence-corrected chi connectivity index (χ4v) is 4.29. The van der Waals surface area contributed by atoms with Crippen LogP contribution in [0.1, 0.15) is 51.9 Å². The van der Waals surface area contributed by atoms with Crippen LogP contribution in [0.25, 0.3) is 0 Å². The lowest BCUT2D eigenvalue weighted by Gasteiger charge is -2.51.